The number of anilines is 1. The molecule has 0 heterocycles. The van der Waals surface area contributed by atoms with E-state index in [2.05, 4.69) is 10.6 Å². The van der Waals surface area contributed by atoms with Gasteiger partial charge in [-0.3, -0.25) is 9.59 Å². The van der Waals surface area contributed by atoms with E-state index >= 15 is 0 Å². The maximum absolute atomic E-state index is 11.6. The van der Waals surface area contributed by atoms with Crippen LogP contribution in [0.15, 0.2) is 24.3 Å². The quantitative estimate of drug-likeness (QED) is 0.744. The van der Waals surface area contributed by atoms with Gasteiger partial charge < -0.3 is 15.4 Å². The molecular weight excluding hydrogens is 256 g/mol. The van der Waals surface area contributed by atoms with Crippen molar-refractivity contribution in [1.82, 2.24) is 5.32 Å². The number of rotatable bonds is 7. The molecule has 1 rings (SSSR count). The van der Waals surface area contributed by atoms with E-state index in [-0.39, 0.29) is 17.7 Å². The van der Waals surface area contributed by atoms with Gasteiger partial charge in [-0.15, -0.1) is 0 Å². The summed E-state index contributed by atoms with van der Waals surface area (Å²) in [5.41, 5.74) is 1.65. The number of amides is 2. The van der Waals surface area contributed by atoms with Gasteiger partial charge in [-0.1, -0.05) is 26.0 Å². The van der Waals surface area contributed by atoms with E-state index in [1.165, 1.54) is 0 Å². The second-order valence-electron chi connectivity index (χ2n) is 4.86. The molecule has 0 atom stereocenters. The molecule has 20 heavy (non-hydrogen) atoms. The second kappa shape index (κ2) is 8.32. The van der Waals surface area contributed by atoms with Gasteiger partial charge in [-0.05, 0) is 17.7 Å². The summed E-state index contributed by atoms with van der Waals surface area (Å²) in [6.07, 6.45) is 0.322. The van der Waals surface area contributed by atoms with Gasteiger partial charge in [-0.2, -0.15) is 0 Å². The van der Waals surface area contributed by atoms with Gasteiger partial charge >= 0.3 is 0 Å². The van der Waals surface area contributed by atoms with Crippen LogP contribution < -0.4 is 10.6 Å². The molecule has 110 valence electrons. The summed E-state index contributed by atoms with van der Waals surface area (Å²) in [7, 11) is 1.59. The lowest BCUT2D eigenvalue weighted by molar-refractivity contribution is -0.120. The van der Waals surface area contributed by atoms with Gasteiger partial charge in [-0.25, -0.2) is 0 Å². The number of hydrogen-bond acceptors (Lipinski definition) is 3. The van der Waals surface area contributed by atoms with Crippen molar-refractivity contribution in [2.24, 2.45) is 5.92 Å². The second-order valence-corrected chi connectivity index (χ2v) is 4.86. The van der Waals surface area contributed by atoms with E-state index in [9.17, 15) is 9.59 Å². The number of hydrogen-bond donors (Lipinski definition) is 2. The van der Waals surface area contributed by atoms with Crippen LogP contribution in [-0.2, 0) is 20.7 Å². The first-order valence-electron chi connectivity index (χ1n) is 6.68. The largest absolute Gasteiger partial charge is 0.383 e. The molecule has 0 unspecified atom stereocenters. The third kappa shape index (κ3) is 5.84. The van der Waals surface area contributed by atoms with Crippen LogP contribution in [0, 0.1) is 5.92 Å². The van der Waals surface area contributed by atoms with Crippen molar-refractivity contribution in [2.45, 2.75) is 20.3 Å². The maximum Gasteiger partial charge on any atom is 0.226 e. The highest BCUT2D eigenvalue weighted by molar-refractivity contribution is 5.92. The fourth-order valence-electron chi connectivity index (χ4n) is 1.53. The molecule has 2 amide bonds. The van der Waals surface area contributed by atoms with Crippen molar-refractivity contribution < 1.29 is 14.3 Å². The summed E-state index contributed by atoms with van der Waals surface area (Å²) >= 11 is 0. The molecule has 0 spiro atoms. The van der Waals surface area contributed by atoms with Crippen molar-refractivity contribution in [2.75, 3.05) is 25.6 Å². The van der Waals surface area contributed by atoms with Crippen molar-refractivity contribution in [3.63, 3.8) is 0 Å². The van der Waals surface area contributed by atoms with Crippen LogP contribution in [0.5, 0.6) is 0 Å². The third-order valence-electron chi connectivity index (χ3n) is 2.74. The predicted molar refractivity (Wildman–Crippen MR) is 78.5 cm³/mol. The van der Waals surface area contributed by atoms with E-state index in [4.69, 9.17) is 4.74 Å². The molecule has 2 N–H and O–H groups in total. The Labute approximate surface area is 119 Å². The van der Waals surface area contributed by atoms with Crippen molar-refractivity contribution >= 4 is 17.5 Å². The maximum atomic E-state index is 11.6. The number of nitrogens with one attached hydrogen (secondary N) is 2. The Morgan fingerprint density at radius 2 is 1.85 bits per heavy atom. The van der Waals surface area contributed by atoms with Gasteiger partial charge in [0.25, 0.3) is 0 Å². The highest BCUT2D eigenvalue weighted by Crippen LogP contribution is 2.11. The molecule has 0 aliphatic heterocycles. The Balaban J connectivity index is 2.46. The molecule has 5 nitrogen and oxygen atoms in total. The first-order chi connectivity index (χ1) is 9.52. The SMILES string of the molecule is COCCNC(=O)Cc1ccc(NC(=O)C(C)C)cc1. The predicted octanol–water partition coefficient (Wildman–Crippen LogP) is 1.59. The molecule has 5 heteroatoms. The highest BCUT2D eigenvalue weighted by Gasteiger charge is 2.07. The zero-order valence-corrected chi connectivity index (χ0v) is 12.2. The Bertz CT molecular complexity index is 441. The lowest BCUT2D eigenvalue weighted by Gasteiger charge is -2.08. The minimum absolute atomic E-state index is 0.0185. The van der Waals surface area contributed by atoms with Crippen LogP contribution in [0.25, 0.3) is 0 Å². The lowest BCUT2D eigenvalue weighted by Crippen LogP contribution is -2.28. The molecule has 1 aromatic rings. The first-order valence-corrected chi connectivity index (χ1v) is 6.68. The van der Waals surface area contributed by atoms with Crippen molar-refractivity contribution in [1.29, 1.82) is 0 Å². The standard InChI is InChI=1S/C15H22N2O3/c1-11(2)15(19)17-13-6-4-12(5-7-13)10-14(18)16-8-9-20-3/h4-7,11H,8-10H2,1-3H3,(H,16,18)(H,17,19). The van der Waals surface area contributed by atoms with Gasteiger partial charge in [0.1, 0.15) is 0 Å². The average molecular weight is 278 g/mol. The van der Waals surface area contributed by atoms with Crippen LogP contribution in [0.3, 0.4) is 0 Å². The lowest BCUT2D eigenvalue weighted by atomic mass is 10.1. The third-order valence-corrected chi connectivity index (χ3v) is 2.74. The summed E-state index contributed by atoms with van der Waals surface area (Å²) in [6, 6.07) is 7.29. The Hall–Kier alpha value is -1.88. The van der Waals surface area contributed by atoms with Gasteiger partial charge in [0.05, 0.1) is 13.0 Å². The number of ether oxygens (including phenoxy) is 1. The van der Waals surface area contributed by atoms with E-state index < -0.39 is 0 Å². The van der Waals surface area contributed by atoms with Crippen molar-refractivity contribution in [3.05, 3.63) is 29.8 Å². The number of carbonyl (C=O) groups is 2. The van der Waals surface area contributed by atoms with Crippen molar-refractivity contribution in [3.8, 4) is 0 Å². The zero-order chi connectivity index (χ0) is 15.0. The fourth-order valence-corrected chi connectivity index (χ4v) is 1.53. The topological polar surface area (TPSA) is 67.4 Å². The summed E-state index contributed by atoms with van der Waals surface area (Å²) < 4.78 is 4.86. The summed E-state index contributed by atoms with van der Waals surface area (Å²) in [6.45, 7) is 4.70. The summed E-state index contributed by atoms with van der Waals surface area (Å²) in [5, 5.41) is 5.57. The number of carbonyl (C=O) groups excluding carboxylic acids is 2. The molecule has 0 aromatic heterocycles. The zero-order valence-electron chi connectivity index (χ0n) is 12.2. The molecular formula is C15H22N2O3. The molecule has 0 saturated carbocycles. The molecule has 0 aliphatic carbocycles. The molecule has 0 saturated heterocycles. The number of methoxy groups -OCH3 is 1. The van der Waals surface area contributed by atoms with E-state index in [1.54, 1.807) is 19.2 Å². The van der Waals surface area contributed by atoms with Crippen LogP contribution in [-0.4, -0.2) is 32.1 Å². The minimum Gasteiger partial charge on any atom is -0.383 e. The van der Waals surface area contributed by atoms with E-state index in [0.29, 0.717) is 19.6 Å². The van der Waals surface area contributed by atoms with E-state index in [0.717, 1.165) is 11.3 Å². The Morgan fingerprint density at radius 3 is 2.40 bits per heavy atom. The number of benzene rings is 1. The minimum atomic E-state index is -0.0544. The van der Waals surface area contributed by atoms with Crippen LogP contribution >= 0.6 is 0 Å². The molecule has 0 aliphatic rings. The van der Waals surface area contributed by atoms with Gasteiger partial charge in [0, 0.05) is 25.3 Å². The van der Waals surface area contributed by atoms with E-state index in [1.807, 2.05) is 26.0 Å². The summed E-state index contributed by atoms with van der Waals surface area (Å²) in [5.74, 6) is -0.114. The molecule has 1 aromatic carbocycles. The van der Waals surface area contributed by atoms with Crippen LogP contribution in [0.4, 0.5) is 5.69 Å². The van der Waals surface area contributed by atoms with Crippen LogP contribution in [0.1, 0.15) is 19.4 Å². The smallest absolute Gasteiger partial charge is 0.226 e. The first kappa shape index (κ1) is 16.2. The average Bonchev–Trinajstić information content (AvgIpc) is 2.41. The molecule has 0 fully saturated rings. The molecule has 0 bridgehead atoms. The normalized spacial score (nSPS) is 10.4. The highest BCUT2D eigenvalue weighted by atomic mass is 16.5. The van der Waals surface area contributed by atoms with Crippen LogP contribution in [0.2, 0.25) is 0 Å². The Morgan fingerprint density at radius 1 is 1.20 bits per heavy atom. The monoisotopic (exact) mass is 278 g/mol. The van der Waals surface area contributed by atoms with Gasteiger partial charge in [0.15, 0.2) is 0 Å². The van der Waals surface area contributed by atoms with Gasteiger partial charge in [0.2, 0.25) is 11.8 Å². The molecule has 0 radical (unpaired) electrons. The Kier molecular flexibility index (Phi) is 6.73. The summed E-state index contributed by atoms with van der Waals surface area (Å²) in [4.78, 5) is 23.1. The fraction of sp³-hybridized carbons (Fsp3) is 0.467.